The number of rotatable bonds is 5. The van der Waals surface area contributed by atoms with Gasteiger partial charge in [-0.15, -0.1) is 0 Å². The number of hydrogen-bond donors (Lipinski definition) is 1. The van der Waals surface area contributed by atoms with Crippen LogP contribution < -0.4 is 15.3 Å². The minimum atomic E-state index is -0.914. The molecule has 33 heavy (non-hydrogen) atoms. The molecule has 9 heteroatoms. The van der Waals surface area contributed by atoms with Crippen LogP contribution in [0.3, 0.4) is 0 Å². The van der Waals surface area contributed by atoms with Crippen LogP contribution >= 0.6 is 0 Å². The summed E-state index contributed by atoms with van der Waals surface area (Å²) < 4.78 is 5.39. The van der Waals surface area contributed by atoms with Gasteiger partial charge in [-0.05, 0) is 43.3 Å². The maximum absolute atomic E-state index is 12.8. The highest BCUT2D eigenvalue weighted by molar-refractivity contribution is 6.01. The van der Waals surface area contributed by atoms with Crippen molar-refractivity contribution in [3.8, 4) is 0 Å². The Morgan fingerprint density at radius 1 is 0.879 bits per heavy atom. The fourth-order valence-electron chi connectivity index (χ4n) is 3.89. The summed E-state index contributed by atoms with van der Waals surface area (Å²) in [6, 6.07) is 16.1. The van der Waals surface area contributed by atoms with E-state index in [0.717, 1.165) is 5.69 Å². The van der Waals surface area contributed by atoms with Crippen molar-refractivity contribution >= 4 is 35.1 Å². The van der Waals surface area contributed by atoms with Gasteiger partial charge in [-0.1, -0.05) is 18.2 Å². The molecule has 0 saturated carbocycles. The van der Waals surface area contributed by atoms with Crippen LogP contribution in [0.5, 0.6) is 0 Å². The van der Waals surface area contributed by atoms with Gasteiger partial charge < -0.3 is 14.5 Å². The van der Waals surface area contributed by atoms with Gasteiger partial charge in [-0.25, -0.2) is 9.80 Å². The van der Waals surface area contributed by atoms with E-state index < -0.39 is 12.1 Å². The van der Waals surface area contributed by atoms with Crippen molar-refractivity contribution < 1.29 is 23.9 Å². The standard InChI is InChI=1S/C24H26N4O5/c1-17(23(31)27-15-13-26(14-16-27)19-5-3-2-4-6-19)33-24(32)18-7-9-20(10-8-18)28-22(30)12-11-21(29)25-28/h2-10,17H,11-16H2,1H3,(H,25,29). The maximum Gasteiger partial charge on any atom is 0.338 e. The average Bonchev–Trinajstić information content (AvgIpc) is 2.85. The first-order valence-electron chi connectivity index (χ1n) is 10.9. The highest BCUT2D eigenvalue weighted by Crippen LogP contribution is 2.19. The number of ether oxygens (including phenoxy) is 1. The number of carbonyl (C=O) groups is 4. The van der Waals surface area contributed by atoms with E-state index in [4.69, 9.17) is 4.74 Å². The molecule has 2 saturated heterocycles. The van der Waals surface area contributed by atoms with Gasteiger partial charge in [0.1, 0.15) is 0 Å². The number of para-hydroxylation sites is 1. The largest absolute Gasteiger partial charge is 0.449 e. The van der Waals surface area contributed by atoms with Crippen LogP contribution in [0.2, 0.25) is 0 Å². The van der Waals surface area contributed by atoms with Crippen LogP contribution in [0.15, 0.2) is 54.6 Å². The number of carbonyl (C=O) groups excluding carboxylic acids is 4. The predicted molar refractivity (Wildman–Crippen MR) is 121 cm³/mol. The molecule has 3 amide bonds. The fraction of sp³-hybridized carbons (Fsp3) is 0.333. The summed E-state index contributed by atoms with van der Waals surface area (Å²) in [6.45, 7) is 4.10. The molecule has 0 aromatic heterocycles. The molecule has 172 valence electrons. The number of hydrazine groups is 1. The Morgan fingerprint density at radius 2 is 1.55 bits per heavy atom. The van der Waals surface area contributed by atoms with Gasteiger partial charge >= 0.3 is 5.97 Å². The van der Waals surface area contributed by atoms with E-state index in [9.17, 15) is 19.2 Å². The molecule has 1 unspecified atom stereocenters. The number of benzene rings is 2. The Hall–Kier alpha value is -3.88. The van der Waals surface area contributed by atoms with Crippen molar-refractivity contribution in [3.05, 3.63) is 60.2 Å². The van der Waals surface area contributed by atoms with Crippen LogP contribution in [-0.2, 0) is 19.1 Å². The van der Waals surface area contributed by atoms with Gasteiger partial charge in [0.25, 0.3) is 5.91 Å². The molecule has 1 N–H and O–H groups in total. The predicted octanol–water partition coefficient (Wildman–Crippen LogP) is 1.74. The number of amides is 3. The van der Waals surface area contributed by atoms with E-state index in [0.29, 0.717) is 31.9 Å². The molecule has 1 atom stereocenters. The molecular formula is C24H26N4O5. The Bertz CT molecular complexity index is 1030. The van der Waals surface area contributed by atoms with Gasteiger partial charge in [0.15, 0.2) is 6.10 Å². The van der Waals surface area contributed by atoms with E-state index >= 15 is 0 Å². The van der Waals surface area contributed by atoms with Crippen molar-refractivity contribution in [2.75, 3.05) is 36.1 Å². The van der Waals surface area contributed by atoms with Crippen LogP contribution in [-0.4, -0.2) is 60.9 Å². The number of hydrogen-bond acceptors (Lipinski definition) is 6. The zero-order chi connectivity index (χ0) is 23.4. The Labute approximate surface area is 191 Å². The zero-order valence-corrected chi connectivity index (χ0v) is 18.4. The molecule has 0 spiro atoms. The molecule has 2 aliphatic rings. The van der Waals surface area contributed by atoms with Gasteiger partial charge in [0.05, 0.1) is 11.3 Å². The van der Waals surface area contributed by atoms with Crippen molar-refractivity contribution in [2.45, 2.75) is 25.9 Å². The van der Waals surface area contributed by atoms with E-state index in [1.165, 1.54) is 17.1 Å². The van der Waals surface area contributed by atoms with Gasteiger partial charge in [0, 0.05) is 44.7 Å². The summed E-state index contributed by atoms with van der Waals surface area (Å²) in [5.41, 5.74) is 4.33. The summed E-state index contributed by atoms with van der Waals surface area (Å²) in [4.78, 5) is 52.8. The minimum absolute atomic E-state index is 0.134. The van der Waals surface area contributed by atoms with E-state index in [2.05, 4.69) is 10.3 Å². The van der Waals surface area contributed by atoms with Crippen molar-refractivity contribution in [1.29, 1.82) is 0 Å². The molecule has 0 bridgehead atoms. The third kappa shape index (κ3) is 5.14. The molecule has 2 aromatic rings. The fourth-order valence-corrected chi connectivity index (χ4v) is 3.89. The second kappa shape index (κ2) is 9.72. The van der Waals surface area contributed by atoms with E-state index in [1.807, 2.05) is 30.3 Å². The molecule has 2 fully saturated rings. The molecule has 2 heterocycles. The Kier molecular flexibility index (Phi) is 6.58. The quantitative estimate of drug-likeness (QED) is 0.697. The van der Waals surface area contributed by atoms with Crippen LogP contribution in [0.4, 0.5) is 11.4 Å². The zero-order valence-electron chi connectivity index (χ0n) is 18.4. The molecular weight excluding hydrogens is 424 g/mol. The summed E-state index contributed by atoms with van der Waals surface area (Å²) in [5.74, 6) is -1.32. The lowest BCUT2D eigenvalue weighted by Gasteiger charge is -2.37. The van der Waals surface area contributed by atoms with Gasteiger partial charge in [-0.2, -0.15) is 0 Å². The SMILES string of the molecule is CC(OC(=O)c1ccc(N2NC(=O)CCC2=O)cc1)C(=O)N1CCN(c2ccccc2)CC1. The Morgan fingerprint density at radius 3 is 2.21 bits per heavy atom. The normalized spacial score (nSPS) is 17.4. The topological polar surface area (TPSA) is 99.3 Å². The molecule has 2 aromatic carbocycles. The lowest BCUT2D eigenvalue weighted by Crippen LogP contribution is -2.51. The van der Waals surface area contributed by atoms with E-state index in [-0.39, 0.29) is 36.1 Å². The number of piperazine rings is 1. The van der Waals surface area contributed by atoms with Crippen LogP contribution in [0, 0.1) is 0 Å². The summed E-state index contributed by atoms with van der Waals surface area (Å²) in [5, 5.41) is 1.17. The van der Waals surface area contributed by atoms with E-state index in [1.54, 1.807) is 24.0 Å². The third-order valence-electron chi connectivity index (χ3n) is 5.76. The van der Waals surface area contributed by atoms with Crippen LogP contribution in [0.1, 0.15) is 30.1 Å². The monoisotopic (exact) mass is 450 g/mol. The second-order valence-corrected chi connectivity index (χ2v) is 8.01. The second-order valence-electron chi connectivity index (χ2n) is 8.01. The maximum atomic E-state index is 12.8. The van der Waals surface area contributed by atoms with Gasteiger partial charge in [-0.3, -0.25) is 19.8 Å². The first-order chi connectivity index (χ1) is 15.9. The lowest BCUT2D eigenvalue weighted by atomic mass is 10.1. The number of esters is 1. The smallest absolute Gasteiger partial charge is 0.338 e. The van der Waals surface area contributed by atoms with Crippen LogP contribution in [0.25, 0.3) is 0 Å². The number of anilines is 2. The van der Waals surface area contributed by atoms with Crippen molar-refractivity contribution in [2.24, 2.45) is 0 Å². The van der Waals surface area contributed by atoms with Gasteiger partial charge in [0.2, 0.25) is 11.8 Å². The Balaban J connectivity index is 1.30. The summed E-state index contributed by atoms with van der Waals surface area (Å²) in [7, 11) is 0. The first-order valence-corrected chi connectivity index (χ1v) is 10.9. The van der Waals surface area contributed by atoms with Crippen molar-refractivity contribution in [3.63, 3.8) is 0 Å². The molecule has 9 nitrogen and oxygen atoms in total. The highest BCUT2D eigenvalue weighted by atomic mass is 16.5. The lowest BCUT2D eigenvalue weighted by molar-refractivity contribution is -0.140. The molecule has 4 rings (SSSR count). The first kappa shape index (κ1) is 22.3. The third-order valence-corrected chi connectivity index (χ3v) is 5.76. The number of nitrogens with one attached hydrogen (secondary N) is 1. The molecule has 2 aliphatic heterocycles. The molecule has 0 aliphatic carbocycles. The minimum Gasteiger partial charge on any atom is -0.449 e. The number of nitrogens with zero attached hydrogens (tertiary/aromatic N) is 3. The summed E-state index contributed by atoms with van der Waals surface area (Å²) >= 11 is 0. The average molecular weight is 450 g/mol. The molecule has 0 radical (unpaired) electrons. The van der Waals surface area contributed by atoms with Crippen molar-refractivity contribution in [1.82, 2.24) is 10.3 Å². The highest BCUT2D eigenvalue weighted by Gasteiger charge is 2.28. The summed E-state index contributed by atoms with van der Waals surface area (Å²) in [6.07, 6.45) is -0.620.